The molecule has 0 saturated carbocycles. The van der Waals surface area contributed by atoms with Gasteiger partial charge in [-0.25, -0.2) is 18.2 Å². The number of hydrogen-bond donors (Lipinski definition) is 2. The third-order valence-corrected chi connectivity index (χ3v) is 7.34. The molecule has 1 amide bonds. The van der Waals surface area contributed by atoms with E-state index in [9.17, 15) is 13.2 Å². The highest BCUT2D eigenvalue weighted by molar-refractivity contribution is 7.89. The second-order valence-electron chi connectivity index (χ2n) is 7.56. The van der Waals surface area contributed by atoms with Crippen LogP contribution in [0.25, 0.3) is 0 Å². The van der Waals surface area contributed by atoms with Crippen molar-refractivity contribution in [1.82, 2.24) is 14.5 Å². The van der Waals surface area contributed by atoms with Crippen LogP contribution in [0, 0.1) is 0 Å². The number of nitrogens with zero attached hydrogens (tertiary/aromatic N) is 3. The number of carbonyl (C=O) groups excluding carboxylic acids is 1. The van der Waals surface area contributed by atoms with Crippen molar-refractivity contribution in [3.05, 3.63) is 29.8 Å². The van der Waals surface area contributed by atoms with Crippen molar-refractivity contribution in [2.45, 2.75) is 50.1 Å². The summed E-state index contributed by atoms with van der Waals surface area (Å²) in [5.74, 6) is 0.346. The first-order valence-corrected chi connectivity index (χ1v) is 11.9. The maximum Gasteiger partial charge on any atom is 0.409 e. The predicted molar refractivity (Wildman–Crippen MR) is 115 cm³/mol. The molecule has 0 aliphatic carbocycles. The lowest BCUT2D eigenvalue weighted by Crippen LogP contribution is -2.48. The summed E-state index contributed by atoms with van der Waals surface area (Å²) in [6.07, 6.45) is 3.11. The van der Waals surface area contributed by atoms with Gasteiger partial charge in [-0.15, -0.1) is 0 Å². The Morgan fingerprint density at radius 1 is 1.17 bits per heavy atom. The van der Waals surface area contributed by atoms with Gasteiger partial charge in [-0.3, -0.25) is 0 Å². The lowest BCUT2D eigenvalue weighted by molar-refractivity contribution is 0.0963. The molecular formula is C20H31N5O4S. The fraction of sp³-hybridized carbons (Fsp3) is 0.600. The molecule has 0 bridgehead atoms. The van der Waals surface area contributed by atoms with Gasteiger partial charge >= 0.3 is 6.09 Å². The van der Waals surface area contributed by atoms with Crippen molar-refractivity contribution in [1.29, 1.82) is 0 Å². The van der Waals surface area contributed by atoms with Crippen molar-refractivity contribution in [3.8, 4) is 0 Å². The molecule has 3 N–H and O–H groups in total. The highest BCUT2D eigenvalue weighted by atomic mass is 32.2. The van der Waals surface area contributed by atoms with Crippen LogP contribution in [0.3, 0.4) is 0 Å². The van der Waals surface area contributed by atoms with Gasteiger partial charge in [0, 0.05) is 32.2 Å². The summed E-state index contributed by atoms with van der Waals surface area (Å²) in [5.41, 5.74) is 6.89. The van der Waals surface area contributed by atoms with E-state index in [2.05, 4.69) is 10.3 Å². The Labute approximate surface area is 178 Å². The van der Waals surface area contributed by atoms with Crippen molar-refractivity contribution < 1.29 is 17.9 Å². The number of sulfonamides is 1. The fourth-order valence-electron chi connectivity index (χ4n) is 3.70. The Kier molecular flexibility index (Phi) is 7.54. The SMILES string of the molecule is CCOC(=O)N1CCC(NC(N)=NCc2ccc(S(=O)(=O)N3CCCC3)cc2)CC1. The quantitative estimate of drug-likeness (QED) is 0.514. The molecule has 1 aromatic carbocycles. The van der Waals surface area contributed by atoms with Crippen LogP contribution in [-0.4, -0.2) is 68.5 Å². The number of piperidine rings is 1. The predicted octanol–water partition coefficient (Wildman–Crippen LogP) is 1.50. The van der Waals surface area contributed by atoms with Crippen LogP contribution in [-0.2, 0) is 21.3 Å². The van der Waals surface area contributed by atoms with Crippen LogP contribution in [0.15, 0.2) is 34.2 Å². The number of nitrogens with one attached hydrogen (secondary N) is 1. The first-order chi connectivity index (χ1) is 14.4. The molecule has 2 aliphatic heterocycles. The third-order valence-electron chi connectivity index (χ3n) is 5.43. The third kappa shape index (κ3) is 5.63. The largest absolute Gasteiger partial charge is 0.450 e. The van der Waals surface area contributed by atoms with Crippen LogP contribution < -0.4 is 11.1 Å². The molecule has 2 saturated heterocycles. The summed E-state index contributed by atoms with van der Waals surface area (Å²) in [6, 6.07) is 6.97. The summed E-state index contributed by atoms with van der Waals surface area (Å²) in [4.78, 5) is 18.1. The summed E-state index contributed by atoms with van der Waals surface area (Å²) < 4.78 is 31.7. The van der Waals surface area contributed by atoms with E-state index in [-0.39, 0.29) is 12.1 Å². The summed E-state index contributed by atoms with van der Waals surface area (Å²) in [7, 11) is -3.40. The summed E-state index contributed by atoms with van der Waals surface area (Å²) >= 11 is 0. The molecule has 0 unspecified atom stereocenters. The molecular weight excluding hydrogens is 406 g/mol. The standard InChI is InChI=1S/C20H31N5O4S/c1-2-29-20(26)24-13-9-17(10-14-24)23-19(21)22-15-16-5-7-18(8-6-16)30(27,28)25-11-3-4-12-25/h5-8,17H,2-4,9-15H2,1H3,(H3,21,22,23). The van der Waals surface area contributed by atoms with Crippen LogP contribution in [0.4, 0.5) is 4.79 Å². The van der Waals surface area contributed by atoms with E-state index in [0.717, 1.165) is 31.2 Å². The molecule has 10 heteroatoms. The lowest BCUT2D eigenvalue weighted by atomic mass is 10.1. The number of guanidine groups is 1. The van der Waals surface area contributed by atoms with E-state index in [0.29, 0.717) is 50.2 Å². The Bertz CT molecular complexity index is 842. The second-order valence-corrected chi connectivity index (χ2v) is 9.50. The molecule has 2 aliphatic rings. The van der Waals surface area contributed by atoms with Gasteiger partial charge in [0.2, 0.25) is 10.0 Å². The summed E-state index contributed by atoms with van der Waals surface area (Å²) in [5, 5.41) is 3.20. The van der Waals surface area contributed by atoms with Crippen molar-refractivity contribution in [2.75, 3.05) is 32.8 Å². The zero-order valence-corrected chi connectivity index (χ0v) is 18.2. The number of likely N-dealkylation sites (tertiary alicyclic amines) is 1. The molecule has 9 nitrogen and oxygen atoms in total. The minimum Gasteiger partial charge on any atom is -0.450 e. The Balaban J connectivity index is 1.48. The number of amides is 1. The van der Waals surface area contributed by atoms with Crippen LogP contribution in [0.5, 0.6) is 0 Å². The zero-order chi connectivity index (χ0) is 21.6. The van der Waals surface area contributed by atoms with Crippen molar-refractivity contribution in [3.63, 3.8) is 0 Å². The average molecular weight is 438 g/mol. The highest BCUT2D eigenvalue weighted by Gasteiger charge is 2.27. The van der Waals surface area contributed by atoms with Crippen LogP contribution in [0.2, 0.25) is 0 Å². The minimum atomic E-state index is -3.40. The molecule has 30 heavy (non-hydrogen) atoms. The fourth-order valence-corrected chi connectivity index (χ4v) is 5.21. The Morgan fingerprint density at radius 3 is 2.40 bits per heavy atom. The first-order valence-electron chi connectivity index (χ1n) is 10.5. The molecule has 2 heterocycles. The van der Waals surface area contributed by atoms with Gasteiger partial charge in [0.25, 0.3) is 0 Å². The molecule has 166 valence electrons. The Morgan fingerprint density at radius 2 is 1.80 bits per heavy atom. The smallest absolute Gasteiger partial charge is 0.409 e. The van der Waals surface area contributed by atoms with Crippen LogP contribution >= 0.6 is 0 Å². The van der Waals surface area contributed by atoms with E-state index in [4.69, 9.17) is 10.5 Å². The number of benzene rings is 1. The van der Waals surface area contributed by atoms with Crippen molar-refractivity contribution in [2.24, 2.45) is 10.7 Å². The number of rotatable bonds is 6. The van der Waals surface area contributed by atoms with Crippen LogP contribution in [0.1, 0.15) is 38.2 Å². The van der Waals surface area contributed by atoms with Gasteiger partial charge < -0.3 is 20.7 Å². The maximum atomic E-state index is 12.6. The maximum absolute atomic E-state index is 12.6. The second kappa shape index (κ2) is 10.1. The molecule has 3 rings (SSSR count). The van der Waals surface area contributed by atoms with Gasteiger partial charge in [0.05, 0.1) is 18.0 Å². The number of hydrogen-bond acceptors (Lipinski definition) is 5. The average Bonchev–Trinajstić information content (AvgIpc) is 3.29. The van der Waals surface area contributed by atoms with E-state index in [1.165, 1.54) is 4.31 Å². The van der Waals surface area contributed by atoms with Gasteiger partial charge in [-0.1, -0.05) is 12.1 Å². The molecule has 0 aromatic heterocycles. The molecule has 0 atom stereocenters. The topological polar surface area (TPSA) is 117 Å². The minimum absolute atomic E-state index is 0.160. The normalized spacial score (nSPS) is 19.1. The number of ether oxygens (including phenoxy) is 1. The van der Waals surface area contributed by atoms with Gasteiger partial charge in [-0.2, -0.15) is 4.31 Å². The van der Waals surface area contributed by atoms with E-state index >= 15 is 0 Å². The number of nitrogens with two attached hydrogens (primary N) is 1. The van der Waals surface area contributed by atoms with E-state index in [1.807, 2.05) is 0 Å². The van der Waals surface area contributed by atoms with Gasteiger partial charge in [0.15, 0.2) is 5.96 Å². The Hall–Kier alpha value is -2.33. The number of carbonyl (C=O) groups is 1. The molecule has 0 radical (unpaired) electrons. The lowest BCUT2D eigenvalue weighted by Gasteiger charge is -2.31. The van der Waals surface area contributed by atoms with Gasteiger partial charge in [0.1, 0.15) is 0 Å². The highest BCUT2D eigenvalue weighted by Crippen LogP contribution is 2.21. The summed E-state index contributed by atoms with van der Waals surface area (Å²) in [6.45, 7) is 4.97. The molecule has 1 aromatic rings. The number of aliphatic imine (C=N–C) groups is 1. The van der Waals surface area contributed by atoms with Crippen molar-refractivity contribution >= 4 is 22.1 Å². The monoisotopic (exact) mass is 437 g/mol. The molecule has 0 spiro atoms. The molecule has 2 fully saturated rings. The van der Waals surface area contributed by atoms with E-state index in [1.54, 1.807) is 36.1 Å². The first kappa shape index (κ1) is 22.4. The van der Waals surface area contributed by atoms with Gasteiger partial charge in [-0.05, 0) is 50.3 Å². The zero-order valence-electron chi connectivity index (χ0n) is 17.4. The van der Waals surface area contributed by atoms with E-state index < -0.39 is 10.0 Å².